The standard InChI is InChI=1S/C23H19ClF3N3O6/c24-16-4-2-1-3-14(16)12-30-10-9-18(31)20(21(30)34)29-22(35)28-17(11-19(32)33)13-5-7-15(8-6-13)36-23(25,26)27/h1-10,17,31H,11-12H2,(H,32,33)(H2,28,29,35)/t17-/m0/s1. The lowest BCUT2D eigenvalue weighted by molar-refractivity contribution is -0.274. The maximum absolute atomic E-state index is 12.8. The van der Waals surface area contributed by atoms with Crippen molar-refractivity contribution in [2.24, 2.45) is 0 Å². The van der Waals surface area contributed by atoms with Gasteiger partial charge in [0.05, 0.1) is 19.0 Å². The van der Waals surface area contributed by atoms with Crippen molar-refractivity contribution in [3.05, 3.63) is 87.3 Å². The fourth-order valence-corrected chi connectivity index (χ4v) is 3.45. The number of aliphatic carboxylic acids is 1. The Labute approximate surface area is 206 Å². The number of anilines is 1. The van der Waals surface area contributed by atoms with E-state index in [9.17, 15) is 37.8 Å². The summed E-state index contributed by atoms with van der Waals surface area (Å²) in [7, 11) is 0. The molecular weight excluding hydrogens is 507 g/mol. The molecule has 4 N–H and O–H groups in total. The molecule has 2 amide bonds. The van der Waals surface area contributed by atoms with Crippen LogP contribution in [0.4, 0.5) is 23.7 Å². The number of carboxylic acid groups (broad SMARTS) is 1. The predicted octanol–water partition coefficient (Wildman–Crippen LogP) is 4.49. The summed E-state index contributed by atoms with van der Waals surface area (Å²) in [4.78, 5) is 36.7. The molecule has 0 aliphatic carbocycles. The Morgan fingerprint density at radius 3 is 2.36 bits per heavy atom. The third kappa shape index (κ3) is 7.15. The Balaban J connectivity index is 1.79. The van der Waals surface area contributed by atoms with Gasteiger partial charge in [-0.05, 0) is 35.4 Å². The van der Waals surface area contributed by atoms with Crippen molar-refractivity contribution in [3.8, 4) is 11.5 Å². The number of nitrogens with one attached hydrogen (secondary N) is 2. The van der Waals surface area contributed by atoms with Gasteiger partial charge >= 0.3 is 18.4 Å². The van der Waals surface area contributed by atoms with E-state index in [0.717, 1.165) is 24.3 Å². The minimum absolute atomic E-state index is 0.0447. The fraction of sp³-hybridized carbons (Fsp3) is 0.174. The second-order valence-electron chi connectivity index (χ2n) is 7.47. The SMILES string of the molecule is O=C(O)C[C@H](NC(=O)Nc1c(O)ccn(Cc2ccccc2Cl)c1=O)c1ccc(OC(F)(F)F)cc1. The Bertz CT molecular complexity index is 1310. The van der Waals surface area contributed by atoms with Crippen molar-refractivity contribution < 1.29 is 37.7 Å². The molecule has 36 heavy (non-hydrogen) atoms. The van der Waals surface area contributed by atoms with Gasteiger partial charge in [-0.1, -0.05) is 41.9 Å². The number of alkyl halides is 3. The number of nitrogens with zero attached hydrogens (tertiary/aromatic N) is 1. The number of halogens is 4. The summed E-state index contributed by atoms with van der Waals surface area (Å²) in [6, 6.07) is 10.00. The first-order chi connectivity index (χ1) is 16.9. The van der Waals surface area contributed by atoms with E-state index in [1.54, 1.807) is 24.3 Å². The molecule has 190 valence electrons. The third-order valence-corrected chi connectivity index (χ3v) is 5.25. The van der Waals surface area contributed by atoms with Crippen LogP contribution in [-0.2, 0) is 11.3 Å². The molecule has 1 heterocycles. The van der Waals surface area contributed by atoms with Gasteiger partial charge < -0.3 is 30.2 Å². The molecule has 3 aromatic rings. The average molecular weight is 526 g/mol. The molecule has 0 unspecified atom stereocenters. The van der Waals surface area contributed by atoms with Crippen LogP contribution in [0.15, 0.2) is 65.6 Å². The van der Waals surface area contributed by atoms with Crippen molar-refractivity contribution in [2.75, 3.05) is 5.32 Å². The normalized spacial score (nSPS) is 12.0. The number of carboxylic acids is 1. The van der Waals surface area contributed by atoms with Crippen molar-refractivity contribution in [1.82, 2.24) is 9.88 Å². The molecule has 3 rings (SSSR count). The zero-order valence-corrected chi connectivity index (χ0v) is 19.0. The van der Waals surface area contributed by atoms with E-state index in [1.165, 1.54) is 16.8 Å². The van der Waals surface area contributed by atoms with Crippen molar-refractivity contribution in [2.45, 2.75) is 25.4 Å². The third-order valence-electron chi connectivity index (χ3n) is 4.88. The Hall–Kier alpha value is -4.19. The minimum Gasteiger partial charge on any atom is -0.505 e. The van der Waals surface area contributed by atoms with Crippen LogP contribution >= 0.6 is 11.6 Å². The van der Waals surface area contributed by atoms with Gasteiger partial charge in [0.25, 0.3) is 5.56 Å². The Kier molecular flexibility index (Phi) is 8.10. The van der Waals surface area contributed by atoms with Gasteiger partial charge in [-0.15, -0.1) is 13.2 Å². The molecule has 13 heteroatoms. The summed E-state index contributed by atoms with van der Waals surface area (Å²) in [5.74, 6) is -2.37. The molecule has 1 atom stereocenters. The highest BCUT2D eigenvalue weighted by Crippen LogP contribution is 2.26. The van der Waals surface area contributed by atoms with Gasteiger partial charge in [-0.2, -0.15) is 0 Å². The van der Waals surface area contributed by atoms with Gasteiger partial charge in [0.2, 0.25) is 0 Å². The number of amides is 2. The molecule has 1 aromatic heterocycles. The average Bonchev–Trinajstić information content (AvgIpc) is 2.78. The number of carbonyl (C=O) groups is 2. The highest BCUT2D eigenvalue weighted by Gasteiger charge is 2.31. The van der Waals surface area contributed by atoms with Crippen LogP contribution in [0.2, 0.25) is 5.02 Å². The Morgan fingerprint density at radius 2 is 1.75 bits per heavy atom. The van der Waals surface area contributed by atoms with Crippen LogP contribution in [0.1, 0.15) is 23.6 Å². The molecular formula is C23H19ClF3N3O6. The molecule has 0 spiro atoms. The number of ether oxygens (including phenoxy) is 1. The number of urea groups is 1. The number of aromatic nitrogens is 1. The van der Waals surface area contributed by atoms with Crippen LogP contribution in [0.25, 0.3) is 0 Å². The first-order valence-electron chi connectivity index (χ1n) is 10.2. The maximum atomic E-state index is 12.8. The van der Waals surface area contributed by atoms with Crippen LogP contribution in [0.3, 0.4) is 0 Å². The summed E-state index contributed by atoms with van der Waals surface area (Å²) in [6.45, 7) is 0.0447. The smallest absolute Gasteiger partial charge is 0.505 e. The van der Waals surface area contributed by atoms with Crippen molar-refractivity contribution in [1.29, 1.82) is 0 Å². The number of hydrogen-bond donors (Lipinski definition) is 4. The van der Waals surface area contributed by atoms with Gasteiger partial charge in [0.15, 0.2) is 5.69 Å². The molecule has 0 bridgehead atoms. The lowest BCUT2D eigenvalue weighted by Gasteiger charge is -2.19. The Morgan fingerprint density at radius 1 is 1.08 bits per heavy atom. The van der Waals surface area contributed by atoms with Crippen LogP contribution < -0.4 is 20.9 Å². The van der Waals surface area contributed by atoms with Crippen molar-refractivity contribution >= 4 is 29.3 Å². The molecule has 0 saturated carbocycles. The number of carbonyl (C=O) groups excluding carboxylic acids is 1. The molecule has 0 saturated heterocycles. The second kappa shape index (κ2) is 11.0. The zero-order valence-electron chi connectivity index (χ0n) is 18.3. The first-order valence-corrected chi connectivity index (χ1v) is 10.6. The minimum atomic E-state index is -4.91. The van der Waals surface area contributed by atoms with E-state index in [4.69, 9.17) is 11.6 Å². The highest BCUT2D eigenvalue weighted by molar-refractivity contribution is 6.31. The topological polar surface area (TPSA) is 130 Å². The lowest BCUT2D eigenvalue weighted by Crippen LogP contribution is -2.36. The van der Waals surface area contributed by atoms with Crippen LogP contribution in [0.5, 0.6) is 11.5 Å². The largest absolute Gasteiger partial charge is 0.573 e. The van der Waals surface area contributed by atoms with E-state index in [2.05, 4.69) is 15.4 Å². The van der Waals surface area contributed by atoms with Crippen molar-refractivity contribution in [3.63, 3.8) is 0 Å². The summed E-state index contributed by atoms with van der Waals surface area (Å²) in [6.07, 6.45) is -4.22. The van der Waals surface area contributed by atoms with Crippen LogP contribution in [0, 0.1) is 0 Å². The lowest BCUT2D eigenvalue weighted by atomic mass is 10.0. The monoisotopic (exact) mass is 525 g/mol. The van der Waals surface area contributed by atoms with Gasteiger partial charge in [-0.25, -0.2) is 4.79 Å². The number of rotatable bonds is 8. The highest BCUT2D eigenvalue weighted by atomic mass is 35.5. The van der Waals surface area contributed by atoms with Gasteiger partial charge in [0, 0.05) is 11.2 Å². The predicted molar refractivity (Wildman–Crippen MR) is 123 cm³/mol. The molecule has 9 nitrogen and oxygen atoms in total. The van der Waals surface area contributed by atoms with E-state index in [-0.39, 0.29) is 12.1 Å². The first kappa shape index (κ1) is 26.4. The second-order valence-corrected chi connectivity index (χ2v) is 7.87. The van der Waals surface area contributed by atoms with Crippen LogP contribution in [-0.4, -0.2) is 33.1 Å². The molecule has 2 aromatic carbocycles. The molecule has 0 aliphatic heterocycles. The molecule has 0 radical (unpaired) electrons. The molecule has 0 aliphatic rings. The van der Waals surface area contributed by atoms with E-state index in [1.807, 2.05) is 0 Å². The fourth-order valence-electron chi connectivity index (χ4n) is 3.25. The number of benzene rings is 2. The number of aromatic hydroxyl groups is 1. The summed E-state index contributed by atoms with van der Waals surface area (Å²) in [5.41, 5.74) is -0.448. The summed E-state index contributed by atoms with van der Waals surface area (Å²) >= 11 is 6.12. The number of hydrogen-bond acceptors (Lipinski definition) is 5. The summed E-state index contributed by atoms with van der Waals surface area (Å²) in [5, 5.41) is 24.3. The van der Waals surface area contributed by atoms with E-state index < -0.39 is 53.6 Å². The van der Waals surface area contributed by atoms with Gasteiger partial charge in [-0.3, -0.25) is 9.59 Å². The van der Waals surface area contributed by atoms with E-state index >= 15 is 0 Å². The quantitative estimate of drug-likeness (QED) is 0.343. The summed E-state index contributed by atoms with van der Waals surface area (Å²) < 4.78 is 42.1. The van der Waals surface area contributed by atoms with Gasteiger partial charge in [0.1, 0.15) is 11.5 Å². The molecule has 0 fully saturated rings. The maximum Gasteiger partial charge on any atom is 0.573 e. The van der Waals surface area contributed by atoms with E-state index in [0.29, 0.717) is 10.6 Å². The number of pyridine rings is 1. The zero-order chi connectivity index (χ0) is 26.5.